The molecule has 0 atom stereocenters. The fourth-order valence-electron chi connectivity index (χ4n) is 5.42. The van der Waals surface area contributed by atoms with Crippen LogP contribution < -0.4 is 0 Å². The normalized spacial score (nSPS) is 29.7. The predicted molar refractivity (Wildman–Crippen MR) is 115 cm³/mol. The van der Waals surface area contributed by atoms with Gasteiger partial charge in [0.15, 0.2) is 0 Å². The highest BCUT2D eigenvalue weighted by atomic mass is 14.4. The van der Waals surface area contributed by atoms with Gasteiger partial charge in [-0.2, -0.15) is 0 Å². The van der Waals surface area contributed by atoms with Crippen molar-refractivity contribution in [1.82, 2.24) is 0 Å². The summed E-state index contributed by atoms with van der Waals surface area (Å²) in [5, 5.41) is 0. The van der Waals surface area contributed by atoms with Gasteiger partial charge in [-0.25, -0.2) is 0 Å². The Hall–Kier alpha value is -1.30. The van der Waals surface area contributed by atoms with Crippen LogP contribution in [-0.4, -0.2) is 0 Å². The second-order valence-electron chi connectivity index (χ2n) is 8.73. The molecule has 0 saturated heterocycles. The summed E-state index contributed by atoms with van der Waals surface area (Å²) in [6.07, 6.45) is 21.8. The topological polar surface area (TPSA) is 0 Å². The fourth-order valence-corrected chi connectivity index (χ4v) is 5.42. The molecule has 1 aromatic rings. The average Bonchev–Trinajstić information content (AvgIpc) is 2.72. The molecular weight excluding hydrogens is 312 g/mol. The molecule has 2 saturated carbocycles. The zero-order chi connectivity index (χ0) is 18.2. The molecule has 2 fully saturated rings. The highest BCUT2D eigenvalue weighted by molar-refractivity contribution is 5.25. The van der Waals surface area contributed by atoms with E-state index < -0.39 is 0 Å². The van der Waals surface area contributed by atoms with Gasteiger partial charge in [-0.3, -0.25) is 0 Å². The Kier molecular flexibility index (Phi) is 7.59. The smallest absolute Gasteiger partial charge is 0.0162 e. The Bertz CT molecular complexity index is 548. The molecule has 0 aromatic heterocycles. The van der Waals surface area contributed by atoms with Crippen molar-refractivity contribution in [3.8, 4) is 0 Å². The molecule has 26 heavy (non-hydrogen) atoms. The van der Waals surface area contributed by atoms with Crippen LogP contribution in [0.3, 0.4) is 0 Å². The Balaban J connectivity index is 1.40. The first-order valence-corrected chi connectivity index (χ1v) is 11.2. The van der Waals surface area contributed by atoms with Crippen molar-refractivity contribution in [3.05, 3.63) is 60.2 Å². The van der Waals surface area contributed by atoms with Crippen molar-refractivity contribution in [2.45, 2.75) is 83.5 Å². The van der Waals surface area contributed by atoms with Gasteiger partial charge >= 0.3 is 0 Å². The van der Waals surface area contributed by atoms with Crippen LogP contribution in [0.1, 0.15) is 88.2 Å². The zero-order valence-electron chi connectivity index (χ0n) is 16.8. The summed E-state index contributed by atoms with van der Waals surface area (Å²) in [6.45, 7) is 6.00. The number of benzene rings is 1. The minimum Gasteiger partial charge on any atom is -0.0991 e. The standard InChI is InChI=1S/C26H38/c1-3-5-6-7-8-22-11-15-24(16-12-22)26-19-17-25(18-20-26)23-13-9-21(4-2)10-14-23/h3,5-6,9-10,13-14,22,24-26H,1,4,7-8,11-12,15-20H2,2H3. The molecule has 0 aliphatic heterocycles. The van der Waals surface area contributed by atoms with Crippen LogP contribution in [0.15, 0.2) is 49.1 Å². The second-order valence-corrected chi connectivity index (χ2v) is 8.73. The van der Waals surface area contributed by atoms with Crippen molar-refractivity contribution in [2.75, 3.05) is 0 Å². The summed E-state index contributed by atoms with van der Waals surface area (Å²) in [5.74, 6) is 3.85. The summed E-state index contributed by atoms with van der Waals surface area (Å²) in [5.41, 5.74) is 3.07. The molecule has 0 amide bonds. The Labute approximate surface area is 161 Å². The van der Waals surface area contributed by atoms with E-state index in [0.717, 1.165) is 30.1 Å². The third-order valence-electron chi connectivity index (χ3n) is 7.20. The molecule has 2 aliphatic rings. The van der Waals surface area contributed by atoms with Crippen LogP contribution in [-0.2, 0) is 6.42 Å². The molecular formula is C26H38. The highest BCUT2D eigenvalue weighted by Crippen LogP contribution is 2.44. The van der Waals surface area contributed by atoms with Crippen molar-refractivity contribution >= 4 is 0 Å². The predicted octanol–water partition coefficient (Wildman–Crippen LogP) is 7.85. The summed E-state index contributed by atoms with van der Waals surface area (Å²) < 4.78 is 0. The molecule has 3 rings (SSSR count). The van der Waals surface area contributed by atoms with Crippen LogP contribution in [0.2, 0.25) is 0 Å². The minimum absolute atomic E-state index is 0.824. The molecule has 0 unspecified atom stereocenters. The van der Waals surface area contributed by atoms with Crippen LogP contribution in [0.4, 0.5) is 0 Å². The zero-order valence-corrected chi connectivity index (χ0v) is 16.8. The first-order valence-electron chi connectivity index (χ1n) is 11.2. The second kappa shape index (κ2) is 10.1. The maximum Gasteiger partial charge on any atom is -0.0162 e. The number of allylic oxidation sites excluding steroid dienone is 3. The number of hydrogen-bond acceptors (Lipinski definition) is 0. The molecule has 0 spiro atoms. The molecule has 0 heteroatoms. The van der Waals surface area contributed by atoms with E-state index >= 15 is 0 Å². The van der Waals surface area contributed by atoms with Gasteiger partial charge in [0, 0.05) is 0 Å². The first kappa shape index (κ1) is 19.5. The van der Waals surface area contributed by atoms with Gasteiger partial charge in [-0.1, -0.05) is 68.8 Å². The van der Waals surface area contributed by atoms with Crippen molar-refractivity contribution in [2.24, 2.45) is 17.8 Å². The minimum atomic E-state index is 0.824. The molecule has 0 nitrogen and oxygen atoms in total. The maximum atomic E-state index is 3.75. The maximum absolute atomic E-state index is 3.75. The lowest BCUT2D eigenvalue weighted by Gasteiger charge is -2.38. The van der Waals surface area contributed by atoms with Gasteiger partial charge in [0.25, 0.3) is 0 Å². The van der Waals surface area contributed by atoms with Crippen LogP contribution in [0.5, 0.6) is 0 Å². The van der Waals surface area contributed by atoms with Gasteiger partial charge in [0.1, 0.15) is 0 Å². The SMILES string of the molecule is C=CC=CCCC1CCC(C2CCC(c3ccc(CC)cc3)CC2)CC1. The summed E-state index contributed by atoms with van der Waals surface area (Å²) in [7, 11) is 0. The quantitative estimate of drug-likeness (QED) is 0.439. The molecule has 0 heterocycles. The number of hydrogen-bond donors (Lipinski definition) is 0. The van der Waals surface area contributed by atoms with E-state index in [1.54, 1.807) is 5.56 Å². The molecule has 0 bridgehead atoms. The monoisotopic (exact) mass is 350 g/mol. The largest absolute Gasteiger partial charge is 0.0991 e. The first-order chi connectivity index (χ1) is 12.8. The van der Waals surface area contributed by atoms with E-state index in [-0.39, 0.29) is 0 Å². The summed E-state index contributed by atoms with van der Waals surface area (Å²) in [6, 6.07) is 9.48. The van der Waals surface area contributed by atoms with Gasteiger partial charge in [-0.15, -0.1) is 0 Å². The van der Waals surface area contributed by atoms with Crippen molar-refractivity contribution in [1.29, 1.82) is 0 Å². The molecule has 1 aromatic carbocycles. The van der Waals surface area contributed by atoms with Gasteiger partial charge < -0.3 is 0 Å². The van der Waals surface area contributed by atoms with Crippen molar-refractivity contribution < 1.29 is 0 Å². The summed E-state index contributed by atoms with van der Waals surface area (Å²) >= 11 is 0. The molecule has 0 N–H and O–H groups in total. The number of aryl methyl sites for hydroxylation is 1. The highest BCUT2D eigenvalue weighted by Gasteiger charge is 2.31. The summed E-state index contributed by atoms with van der Waals surface area (Å²) in [4.78, 5) is 0. The molecule has 0 radical (unpaired) electrons. The Morgan fingerprint density at radius 1 is 0.885 bits per heavy atom. The molecule has 142 valence electrons. The lowest BCUT2D eigenvalue weighted by atomic mass is 9.68. The third kappa shape index (κ3) is 5.35. The lowest BCUT2D eigenvalue weighted by molar-refractivity contribution is 0.157. The fraction of sp³-hybridized carbons (Fsp3) is 0.615. The number of rotatable bonds is 7. The van der Waals surface area contributed by atoms with Gasteiger partial charge in [0.05, 0.1) is 0 Å². The third-order valence-corrected chi connectivity index (χ3v) is 7.20. The van der Waals surface area contributed by atoms with Crippen molar-refractivity contribution in [3.63, 3.8) is 0 Å². The van der Waals surface area contributed by atoms with Crippen LogP contribution in [0.25, 0.3) is 0 Å². The van der Waals surface area contributed by atoms with E-state index in [1.807, 2.05) is 6.08 Å². The Morgan fingerprint density at radius 3 is 2.08 bits per heavy atom. The Morgan fingerprint density at radius 2 is 1.50 bits per heavy atom. The van der Waals surface area contributed by atoms with E-state index in [1.165, 1.54) is 69.8 Å². The van der Waals surface area contributed by atoms with E-state index in [9.17, 15) is 0 Å². The average molecular weight is 351 g/mol. The molecule has 2 aliphatic carbocycles. The van der Waals surface area contributed by atoms with E-state index in [4.69, 9.17) is 0 Å². The van der Waals surface area contributed by atoms with Gasteiger partial charge in [0.2, 0.25) is 0 Å². The van der Waals surface area contributed by atoms with E-state index in [2.05, 4.69) is 49.9 Å². The van der Waals surface area contributed by atoms with Gasteiger partial charge in [-0.05, 0) is 92.6 Å². The van der Waals surface area contributed by atoms with E-state index in [0.29, 0.717) is 0 Å². The van der Waals surface area contributed by atoms with Crippen LogP contribution in [0, 0.1) is 17.8 Å². The van der Waals surface area contributed by atoms with Crippen LogP contribution >= 0.6 is 0 Å². The lowest BCUT2D eigenvalue weighted by Crippen LogP contribution is -2.25.